The molecule has 1 aromatic carbocycles. The van der Waals surface area contributed by atoms with Crippen LogP contribution in [-0.2, 0) is 6.54 Å². The molecule has 0 amide bonds. The fourth-order valence-electron chi connectivity index (χ4n) is 1.62. The predicted octanol–water partition coefficient (Wildman–Crippen LogP) is 5.07. The molecule has 0 radical (unpaired) electrons. The van der Waals surface area contributed by atoms with Crippen LogP contribution in [0.5, 0.6) is 11.6 Å². The second-order valence-corrected chi connectivity index (χ2v) is 6.58. The first-order chi connectivity index (χ1) is 9.83. The highest BCUT2D eigenvalue weighted by atomic mass is 35.5. The van der Waals surface area contributed by atoms with Gasteiger partial charge in [-0.05, 0) is 51.1 Å². The van der Waals surface area contributed by atoms with Crippen molar-refractivity contribution in [1.82, 2.24) is 10.3 Å². The lowest BCUT2D eigenvalue weighted by atomic mass is 10.1. The average molecular weight is 325 g/mol. The Morgan fingerprint density at radius 2 is 1.71 bits per heavy atom. The lowest BCUT2D eigenvalue weighted by Crippen LogP contribution is -2.35. The quantitative estimate of drug-likeness (QED) is 0.852. The molecule has 5 heteroatoms. The molecule has 2 aromatic rings. The van der Waals surface area contributed by atoms with Crippen molar-refractivity contribution in [3.63, 3.8) is 0 Å². The zero-order chi connectivity index (χ0) is 15.5. The molecule has 1 aromatic heterocycles. The van der Waals surface area contributed by atoms with Gasteiger partial charge in [-0.2, -0.15) is 0 Å². The number of hydrogen-bond acceptors (Lipinski definition) is 3. The van der Waals surface area contributed by atoms with Gasteiger partial charge in [-0.3, -0.25) is 0 Å². The van der Waals surface area contributed by atoms with Gasteiger partial charge in [-0.1, -0.05) is 23.2 Å². The molecule has 21 heavy (non-hydrogen) atoms. The summed E-state index contributed by atoms with van der Waals surface area (Å²) in [4.78, 5) is 4.44. The van der Waals surface area contributed by atoms with Crippen molar-refractivity contribution in [2.75, 3.05) is 0 Å². The maximum Gasteiger partial charge on any atom is 0.219 e. The summed E-state index contributed by atoms with van der Waals surface area (Å²) in [6.45, 7) is 6.86. The first-order valence-corrected chi connectivity index (χ1v) is 7.43. The summed E-state index contributed by atoms with van der Waals surface area (Å²) in [5, 5.41) is 4.65. The van der Waals surface area contributed by atoms with Crippen molar-refractivity contribution >= 4 is 23.2 Å². The van der Waals surface area contributed by atoms with E-state index in [-0.39, 0.29) is 5.54 Å². The van der Waals surface area contributed by atoms with Gasteiger partial charge in [-0.15, -0.1) is 0 Å². The number of ether oxygens (including phenoxy) is 1. The van der Waals surface area contributed by atoms with E-state index in [9.17, 15) is 0 Å². The summed E-state index contributed by atoms with van der Waals surface area (Å²) in [5.41, 5.74) is 0.760. The molecular formula is C16H18Cl2N2O. The normalized spacial score (nSPS) is 11.5. The van der Waals surface area contributed by atoms with Gasteiger partial charge >= 0.3 is 0 Å². The van der Waals surface area contributed by atoms with Gasteiger partial charge in [-0.25, -0.2) is 4.98 Å². The summed E-state index contributed by atoms with van der Waals surface area (Å²) in [7, 11) is 0. The second-order valence-electron chi connectivity index (χ2n) is 5.74. The van der Waals surface area contributed by atoms with E-state index in [0.29, 0.717) is 28.2 Å². The SMILES string of the molecule is CC(C)(C)NCc1nc(Oc2ccc(Cl)cc2)ccc1Cl. The lowest BCUT2D eigenvalue weighted by Gasteiger charge is -2.20. The fourth-order valence-corrected chi connectivity index (χ4v) is 1.92. The monoisotopic (exact) mass is 324 g/mol. The minimum atomic E-state index is -0.00193. The molecule has 0 aliphatic carbocycles. The molecule has 1 heterocycles. The minimum Gasteiger partial charge on any atom is -0.439 e. The van der Waals surface area contributed by atoms with E-state index in [1.165, 1.54) is 0 Å². The Balaban J connectivity index is 2.12. The first-order valence-electron chi connectivity index (χ1n) is 6.67. The molecule has 0 saturated carbocycles. The second kappa shape index (κ2) is 6.65. The molecule has 0 unspecified atom stereocenters. The Kier molecular flexibility index (Phi) is 5.09. The van der Waals surface area contributed by atoms with Crippen LogP contribution < -0.4 is 10.1 Å². The maximum atomic E-state index is 6.17. The number of benzene rings is 1. The van der Waals surface area contributed by atoms with Crippen LogP contribution in [0.1, 0.15) is 26.5 Å². The highest BCUT2D eigenvalue weighted by Crippen LogP contribution is 2.24. The van der Waals surface area contributed by atoms with Crippen molar-refractivity contribution in [3.05, 3.63) is 52.1 Å². The summed E-state index contributed by atoms with van der Waals surface area (Å²) < 4.78 is 5.70. The number of aromatic nitrogens is 1. The third-order valence-corrected chi connectivity index (χ3v) is 3.31. The van der Waals surface area contributed by atoms with Crippen molar-refractivity contribution in [1.29, 1.82) is 0 Å². The molecule has 0 atom stereocenters. The molecule has 0 bridgehead atoms. The van der Waals surface area contributed by atoms with Crippen LogP contribution >= 0.6 is 23.2 Å². The Hall–Kier alpha value is -1.29. The average Bonchev–Trinajstić information content (AvgIpc) is 2.41. The Morgan fingerprint density at radius 3 is 2.33 bits per heavy atom. The van der Waals surface area contributed by atoms with Crippen molar-refractivity contribution in [2.24, 2.45) is 0 Å². The number of hydrogen-bond donors (Lipinski definition) is 1. The van der Waals surface area contributed by atoms with Gasteiger partial charge in [0.05, 0.1) is 10.7 Å². The van der Waals surface area contributed by atoms with Crippen molar-refractivity contribution < 1.29 is 4.74 Å². The van der Waals surface area contributed by atoms with Gasteiger partial charge in [0.2, 0.25) is 5.88 Å². The Bertz CT molecular complexity index is 607. The number of nitrogens with zero attached hydrogens (tertiary/aromatic N) is 1. The summed E-state index contributed by atoms with van der Waals surface area (Å²) in [6.07, 6.45) is 0. The Labute approximate surface area is 135 Å². The third kappa shape index (κ3) is 5.20. The van der Waals surface area contributed by atoms with Crippen molar-refractivity contribution in [3.8, 4) is 11.6 Å². The molecule has 112 valence electrons. The van der Waals surface area contributed by atoms with Crippen LogP contribution in [0.3, 0.4) is 0 Å². The highest BCUT2D eigenvalue weighted by molar-refractivity contribution is 6.31. The number of rotatable bonds is 4. The summed E-state index contributed by atoms with van der Waals surface area (Å²) >= 11 is 12.0. The van der Waals surface area contributed by atoms with E-state index in [1.54, 1.807) is 36.4 Å². The lowest BCUT2D eigenvalue weighted by molar-refractivity contribution is 0.416. The molecule has 0 spiro atoms. The number of nitrogens with one attached hydrogen (secondary N) is 1. The molecule has 0 fully saturated rings. The number of pyridine rings is 1. The third-order valence-electron chi connectivity index (χ3n) is 2.72. The highest BCUT2D eigenvalue weighted by Gasteiger charge is 2.12. The zero-order valence-corrected chi connectivity index (χ0v) is 13.8. The maximum absolute atomic E-state index is 6.17. The molecule has 2 rings (SSSR count). The smallest absolute Gasteiger partial charge is 0.219 e. The van der Waals surface area contributed by atoms with Crippen LogP contribution in [0.2, 0.25) is 10.0 Å². The van der Waals surface area contributed by atoms with Crippen LogP contribution in [0.25, 0.3) is 0 Å². The molecule has 0 aliphatic heterocycles. The predicted molar refractivity (Wildman–Crippen MR) is 87.4 cm³/mol. The first kappa shape index (κ1) is 16.1. The van der Waals surface area contributed by atoms with E-state index in [1.807, 2.05) is 0 Å². The van der Waals surface area contributed by atoms with Gasteiger partial charge < -0.3 is 10.1 Å². The van der Waals surface area contributed by atoms with E-state index in [4.69, 9.17) is 27.9 Å². The van der Waals surface area contributed by atoms with Gasteiger partial charge in [0.1, 0.15) is 5.75 Å². The number of halogens is 2. The van der Waals surface area contributed by atoms with Crippen LogP contribution in [0.15, 0.2) is 36.4 Å². The van der Waals surface area contributed by atoms with Crippen molar-refractivity contribution in [2.45, 2.75) is 32.9 Å². The topological polar surface area (TPSA) is 34.2 Å². The summed E-state index contributed by atoms with van der Waals surface area (Å²) in [6, 6.07) is 10.7. The molecular weight excluding hydrogens is 307 g/mol. The van der Waals surface area contributed by atoms with Gasteiger partial charge in [0, 0.05) is 23.2 Å². The van der Waals surface area contributed by atoms with E-state index < -0.39 is 0 Å². The molecule has 3 nitrogen and oxygen atoms in total. The Morgan fingerprint density at radius 1 is 1.05 bits per heavy atom. The van der Waals surface area contributed by atoms with Gasteiger partial charge in [0.15, 0.2) is 0 Å². The molecule has 0 saturated heterocycles. The zero-order valence-electron chi connectivity index (χ0n) is 12.3. The summed E-state index contributed by atoms with van der Waals surface area (Å²) in [5.74, 6) is 1.19. The minimum absolute atomic E-state index is 0.00193. The molecule has 1 N–H and O–H groups in total. The largest absolute Gasteiger partial charge is 0.439 e. The standard InChI is InChI=1S/C16H18Cl2N2O/c1-16(2,3)19-10-14-13(18)8-9-15(20-14)21-12-6-4-11(17)5-7-12/h4-9,19H,10H2,1-3H3. The molecule has 0 aliphatic rings. The van der Waals surface area contributed by atoms with E-state index in [2.05, 4.69) is 31.1 Å². The van der Waals surface area contributed by atoms with Crippen LogP contribution in [-0.4, -0.2) is 10.5 Å². The van der Waals surface area contributed by atoms with Crippen LogP contribution in [0, 0.1) is 0 Å². The van der Waals surface area contributed by atoms with Crippen LogP contribution in [0.4, 0.5) is 0 Å². The van der Waals surface area contributed by atoms with Gasteiger partial charge in [0.25, 0.3) is 0 Å². The van der Waals surface area contributed by atoms with E-state index in [0.717, 1.165) is 5.69 Å². The van der Waals surface area contributed by atoms with E-state index >= 15 is 0 Å². The fraction of sp³-hybridized carbons (Fsp3) is 0.312.